The number of nitrogens with zero attached hydrogens (tertiary/aromatic N) is 1. The molecule has 1 aromatic carbocycles. The Labute approximate surface area is 112 Å². The lowest BCUT2D eigenvalue weighted by Gasteiger charge is -2.29. The van der Waals surface area contributed by atoms with Gasteiger partial charge < -0.3 is 20.8 Å². The molecule has 0 aliphatic heterocycles. The quantitative estimate of drug-likeness (QED) is 0.718. The third-order valence-corrected chi connectivity index (χ3v) is 3.98. The molecule has 1 amide bonds. The number of hydrogen-bond acceptors (Lipinski definition) is 4. The second-order valence-corrected chi connectivity index (χ2v) is 5.08. The molecule has 0 radical (unpaired) electrons. The molecule has 0 saturated heterocycles. The lowest BCUT2D eigenvalue weighted by Crippen LogP contribution is -2.41. The van der Waals surface area contributed by atoms with Gasteiger partial charge in [0.1, 0.15) is 0 Å². The van der Waals surface area contributed by atoms with Gasteiger partial charge in [-0.1, -0.05) is 12.5 Å². The smallest absolute Gasteiger partial charge is 0.257 e. The molecule has 4 N–H and O–H groups in total. The fraction of sp³-hybridized carbons (Fsp3) is 0.500. The number of phenols is 2. The highest BCUT2D eigenvalue weighted by Gasteiger charge is 2.33. The van der Waals surface area contributed by atoms with Gasteiger partial charge >= 0.3 is 0 Å². The predicted octanol–water partition coefficient (Wildman–Crippen LogP) is 1.30. The fourth-order valence-electron chi connectivity index (χ4n) is 2.85. The minimum absolute atomic E-state index is 0.110. The lowest BCUT2D eigenvalue weighted by atomic mass is 10.0. The van der Waals surface area contributed by atoms with Gasteiger partial charge in [0.25, 0.3) is 5.91 Å². The lowest BCUT2D eigenvalue weighted by molar-refractivity contribution is 0.0696. The van der Waals surface area contributed by atoms with Gasteiger partial charge in [0.2, 0.25) is 0 Å². The van der Waals surface area contributed by atoms with E-state index in [-0.39, 0.29) is 29.0 Å². The van der Waals surface area contributed by atoms with Crippen LogP contribution in [0.15, 0.2) is 18.2 Å². The van der Waals surface area contributed by atoms with E-state index in [9.17, 15) is 15.0 Å². The van der Waals surface area contributed by atoms with Crippen molar-refractivity contribution in [1.82, 2.24) is 4.90 Å². The number of hydrogen-bond donors (Lipinski definition) is 3. The Morgan fingerprint density at radius 2 is 2.16 bits per heavy atom. The normalized spacial score (nSPS) is 22.4. The van der Waals surface area contributed by atoms with E-state index >= 15 is 0 Å². The molecular weight excluding hydrogens is 244 g/mol. The van der Waals surface area contributed by atoms with Gasteiger partial charge in [-0.15, -0.1) is 0 Å². The molecule has 1 aromatic rings. The van der Waals surface area contributed by atoms with Crippen LogP contribution in [-0.4, -0.2) is 40.7 Å². The Balaban J connectivity index is 2.21. The Morgan fingerprint density at radius 3 is 2.84 bits per heavy atom. The summed E-state index contributed by atoms with van der Waals surface area (Å²) in [5.41, 5.74) is 5.86. The number of carbonyl (C=O) groups is 1. The molecule has 104 valence electrons. The largest absolute Gasteiger partial charge is 0.504 e. The Kier molecular flexibility index (Phi) is 3.95. The van der Waals surface area contributed by atoms with Crippen molar-refractivity contribution < 1.29 is 15.0 Å². The first-order valence-corrected chi connectivity index (χ1v) is 6.54. The second-order valence-electron chi connectivity index (χ2n) is 5.08. The zero-order valence-corrected chi connectivity index (χ0v) is 11.0. The minimum atomic E-state index is -0.360. The molecule has 1 aliphatic carbocycles. The summed E-state index contributed by atoms with van der Waals surface area (Å²) in [5.74, 6) is -0.602. The van der Waals surface area contributed by atoms with Gasteiger partial charge in [-0.05, 0) is 37.4 Å². The van der Waals surface area contributed by atoms with Crippen molar-refractivity contribution in [3.05, 3.63) is 23.8 Å². The van der Waals surface area contributed by atoms with Crippen LogP contribution in [0, 0.1) is 5.92 Å². The Morgan fingerprint density at radius 1 is 1.42 bits per heavy atom. The maximum absolute atomic E-state index is 12.4. The highest BCUT2D eigenvalue weighted by molar-refractivity contribution is 5.97. The van der Waals surface area contributed by atoms with Crippen LogP contribution < -0.4 is 5.73 Å². The number of phenolic OH excluding ortho intramolecular Hbond substituents is 2. The molecule has 5 nitrogen and oxygen atoms in total. The molecule has 0 spiro atoms. The van der Waals surface area contributed by atoms with Gasteiger partial charge in [0.15, 0.2) is 11.5 Å². The van der Waals surface area contributed by atoms with Crippen molar-refractivity contribution in [2.45, 2.75) is 25.3 Å². The summed E-state index contributed by atoms with van der Waals surface area (Å²) >= 11 is 0. The van der Waals surface area contributed by atoms with Crippen LogP contribution in [0.1, 0.15) is 29.6 Å². The van der Waals surface area contributed by atoms with E-state index in [1.807, 2.05) is 0 Å². The van der Waals surface area contributed by atoms with Gasteiger partial charge in [-0.2, -0.15) is 0 Å². The fourth-order valence-corrected chi connectivity index (χ4v) is 2.85. The van der Waals surface area contributed by atoms with Gasteiger partial charge in [-0.3, -0.25) is 4.79 Å². The maximum Gasteiger partial charge on any atom is 0.257 e. The van der Waals surface area contributed by atoms with Crippen LogP contribution in [0.25, 0.3) is 0 Å². The average Bonchev–Trinajstić information content (AvgIpc) is 2.88. The van der Waals surface area contributed by atoms with Crippen LogP contribution in [0.2, 0.25) is 0 Å². The van der Waals surface area contributed by atoms with Crippen LogP contribution in [0.3, 0.4) is 0 Å². The summed E-state index contributed by atoms with van der Waals surface area (Å²) in [7, 11) is 1.73. The molecule has 0 bridgehead atoms. The van der Waals surface area contributed by atoms with E-state index in [4.69, 9.17) is 5.73 Å². The monoisotopic (exact) mass is 264 g/mol. The van der Waals surface area contributed by atoms with Crippen LogP contribution in [-0.2, 0) is 0 Å². The van der Waals surface area contributed by atoms with E-state index in [0.29, 0.717) is 12.5 Å². The summed E-state index contributed by atoms with van der Waals surface area (Å²) in [6, 6.07) is 4.52. The second kappa shape index (κ2) is 5.48. The summed E-state index contributed by atoms with van der Waals surface area (Å²) < 4.78 is 0. The Bertz CT molecular complexity index is 476. The predicted molar refractivity (Wildman–Crippen MR) is 72.0 cm³/mol. The van der Waals surface area contributed by atoms with Crippen molar-refractivity contribution in [3.8, 4) is 11.5 Å². The molecule has 1 fully saturated rings. The first kappa shape index (κ1) is 13.7. The number of benzene rings is 1. The number of rotatable bonds is 3. The zero-order valence-electron chi connectivity index (χ0n) is 11.0. The molecule has 2 atom stereocenters. The number of aromatic hydroxyl groups is 2. The van der Waals surface area contributed by atoms with E-state index in [1.54, 1.807) is 18.0 Å². The summed E-state index contributed by atoms with van der Waals surface area (Å²) in [6.07, 6.45) is 3.03. The first-order chi connectivity index (χ1) is 9.06. The van der Waals surface area contributed by atoms with Crippen molar-refractivity contribution >= 4 is 5.91 Å². The van der Waals surface area contributed by atoms with E-state index in [0.717, 1.165) is 19.3 Å². The summed E-state index contributed by atoms with van der Waals surface area (Å²) in [4.78, 5) is 14.0. The van der Waals surface area contributed by atoms with Gasteiger partial charge in [0, 0.05) is 13.1 Å². The van der Waals surface area contributed by atoms with Crippen LogP contribution in [0.5, 0.6) is 11.5 Å². The Hall–Kier alpha value is -1.75. The number of amides is 1. The molecule has 5 heteroatoms. The molecule has 2 unspecified atom stereocenters. The third-order valence-electron chi connectivity index (χ3n) is 3.98. The number of carbonyl (C=O) groups excluding carboxylic acids is 1. The van der Waals surface area contributed by atoms with Crippen molar-refractivity contribution in [1.29, 1.82) is 0 Å². The van der Waals surface area contributed by atoms with Crippen molar-refractivity contribution in [3.63, 3.8) is 0 Å². The molecular formula is C14H20N2O3. The van der Waals surface area contributed by atoms with E-state index in [1.165, 1.54) is 12.1 Å². The molecule has 0 aromatic heterocycles. The summed E-state index contributed by atoms with van der Waals surface area (Å²) in [6.45, 7) is 0.564. The van der Waals surface area contributed by atoms with Crippen molar-refractivity contribution in [2.75, 3.05) is 13.6 Å². The molecule has 19 heavy (non-hydrogen) atoms. The molecule has 1 aliphatic rings. The minimum Gasteiger partial charge on any atom is -0.504 e. The third kappa shape index (κ3) is 2.51. The first-order valence-electron chi connectivity index (χ1n) is 6.54. The number of nitrogens with two attached hydrogens (primary N) is 1. The standard InChI is InChI=1S/C14H20N2O3/c1-16(11-6-2-4-9(11)8-15)14(19)10-5-3-7-12(17)13(10)18/h3,5,7,9,11,17-18H,2,4,6,8,15H2,1H3. The topological polar surface area (TPSA) is 86.8 Å². The van der Waals surface area contributed by atoms with Crippen molar-refractivity contribution in [2.24, 2.45) is 11.7 Å². The molecule has 0 heterocycles. The van der Waals surface area contributed by atoms with Gasteiger partial charge in [-0.25, -0.2) is 0 Å². The number of para-hydroxylation sites is 1. The SMILES string of the molecule is CN(C(=O)c1cccc(O)c1O)C1CCCC1CN. The maximum atomic E-state index is 12.4. The molecule has 1 saturated carbocycles. The van der Waals surface area contributed by atoms with Crippen LogP contribution >= 0.6 is 0 Å². The van der Waals surface area contributed by atoms with E-state index < -0.39 is 0 Å². The molecule has 2 rings (SSSR count). The highest BCUT2D eigenvalue weighted by Crippen LogP contribution is 2.33. The summed E-state index contributed by atoms with van der Waals surface area (Å²) in [5, 5.41) is 19.2. The van der Waals surface area contributed by atoms with Crippen LogP contribution in [0.4, 0.5) is 0 Å². The highest BCUT2D eigenvalue weighted by atomic mass is 16.3. The van der Waals surface area contributed by atoms with E-state index in [2.05, 4.69) is 0 Å². The zero-order chi connectivity index (χ0) is 14.0. The van der Waals surface area contributed by atoms with Gasteiger partial charge in [0.05, 0.1) is 5.56 Å². The average molecular weight is 264 g/mol.